The molecular formula is C22H21N3O2S. The summed E-state index contributed by atoms with van der Waals surface area (Å²) >= 11 is 1.40. The van der Waals surface area contributed by atoms with E-state index in [1.54, 1.807) is 12.1 Å². The molecule has 0 aliphatic heterocycles. The zero-order valence-corrected chi connectivity index (χ0v) is 16.8. The van der Waals surface area contributed by atoms with Crippen LogP contribution in [0.3, 0.4) is 0 Å². The highest BCUT2D eigenvalue weighted by molar-refractivity contribution is 7.17. The van der Waals surface area contributed by atoms with Gasteiger partial charge in [0.1, 0.15) is 10.4 Å². The van der Waals surface area contributed by atoms with Crippen molar-refractivity contribution in [2.75, 3.05) is 20.6 Å². The number of aromatic nitrogens is 1. The van der Waals surface area contributed by atoms with Gasteiger partial charge in [-0.2, -0.15) is 0 Å². The van der Waals surface area contributed by atoms with E-state index in [4.69, 9.17) is 0 Å². The molecular weight excluding hydrogens is 370 g/mol. The smallest absolute Gasteiger partial charge is 0.266 e. The Labute approximate surface area is 166 Å². The molecule has 1 N–H and O–H groups in total. The molecule has 0 saturated carbocycles. The Kier molecular flexibility index (Phi) is 4.83. The molecule has 0 aliphatic carbocycles. The molecule has 4 aromatic rings. The lowest BCUT2D eigenvalue weighted by atomic mass is 9.93. The van der Waals surface area contributed by atoms with E-state index in [1.807, 2.05) is 23.6 Å². The average molecular weight is 391 g/mol. The maximum absolute atomic E-state index is 12.3. The second-order valence-corrected chi connectivity index (χ2v) is 8.29. The predicted molar refractivity (Wildman–Crippen MR) is 118 cm³/mol. The zero-order chi connectivity index (χ0) is 19.8. The number of nitrogens with zero attached hydrogens (tertiary/aromatic N) is 2. The molecule has 4 rings (SSSR count). The fourth-order valence-electron chi connectivity index (χ4n) is 3.84. The number of H-pyrrole nitrogens is 1. The molecule has 0 amide bonds. The molecule has 2 aromatic carbocycles. The molecule has 28 heavy (non-hydrogen) atoms. The van der Waals surface area contributed by atoms with Gasteiger partial charge in [0.2, 0.25) is 0 Å². The summed E-state index contributed by atoms with van der Waals surface area (Å²) in [5.41, 5.74) is 3.90. The first-order chi connectivity index (χ1) is 13.5. The van der Waals surface area contributed by atoms with Crippen LogP contribution in [-0.2, 0) is 0 Å². The number of nitroso groups, excluding NO2 is 1. The molecule has 0 fully saturated rings. The third-order valence-electron chi connectivity index (χ3n) is 5.08. The van der Waals surface area contributed by atoms with E-state index in [2.05, 4.69) is 48.2 Å². The number of hydrogen-bond acceptors (Lipinski definition) is 5. The molecule has 0 saturated heterocycles. The second-order valence-electron chi connectivity index (χ2n) is 7.38. The third kappa shape index (κ3) is 3.15. The zero-order valence-electron chi connectivity index (χ0n) is 16.0. The van der Waals surface area contributed by atoms with E-state index < -0.39 is 0 Å². The van der Waals surface area contributed by atoms with Gasteiger partial charge in [-0.3, -0.25) is 4.79 Å². The maximum Gasteiger partial charge on any atom is 0.266 e. The Morgan fingerprint density at radius 2 is 1.86 bits per heavy atom. The Hall–Kier alpha value is -2.83. The van der Waals surface area contributed by atoms with Crippen molar-refractivity contribution in [1.82, 2.24) is 9.88 Å². The molecule has 1 atom stereocenters. The van der Waals surface area contributed by atoms with Gasteiger partial charge in [-0.05, 0) is 59.9 Å². The summed E-state index contributed by atoms with van der Waals surface area (Å²) < 4.78 is 0.660. The van der Waals surface area contributed by atoms with Crippen LogP contribution in [0.1, 0.15) is 18.4 Å². The SMILES string of the molecule is CC(CN(C)C)c1ccc(-c2c(N=O)ccc3[nH]c(=O)c4sccc4c23)cc1. The van der Waals surface area contributed by atoms with Gasteiger partial charge < -0.3 is 9.88 Å². The van der Waals surface area contributed by atoms with E-state index >= 15 is 0 Å². The molecule has 1 unspecified atom stereocenters. The van der Waals surface area contributed by atoms with E-state index in [0.29, 0.717) is 21.8 Å². The highest BCUT2D eigenvalue weighted by Crippen LogP contribution is 2.40. The third-order valence-corrected chi connectivity index (χ3v) is 5.99. The minimum atomic E-state index is -0.108. The molecule has 142 valence electrons. The molecule has 6 heteroatoms. The highest BCUT2D eigenvalue weighted by atomic mass is 32.1. The van der Waals surface area contributed by atoms with Crippen LogP contribution < -0.4 is 5.56 Å². The average Bonchev–Trinajstić information content (AvgIpc) is 3.17. The normalized spacial score (nSPS) is 12.7. The quantitative estimate of drug-likeness (QED) is 0.459. The summed E-state index contributed by atoms with van der Waals surface area (Å²) in [5.74, 6) is 0.403. The van der Waals surface area contributed by atoms with Crippen LogP contribution >= 0.6 is 11.3 Å². The van der Waals surface area contributed by atoms with E-state index in [1.165, 1.54) is 16.9 Å². The Balaban J connectivity index is 1.94. The summed E-state index contributed by atoms with van der Waals surface area (Å²) in [6.45, 7) is 3.16. The number of pyridine rings is 1. The summed E-state index contributed by atoms with van der Waals surface area (Å²) in [6.07, 6.45) is 0. The van der Waals surface area contributed by atoms with Gasteiger partial charge in [-0.1, -0.05) is 31.2 Å². The van der Waals surface area contributed by atoms with Crippen molar-refractivity contribution in [2.45, 2.75) is 12.8 Å². The minimum Gasteiger partial charge on any atom is -0.321 e. The van der Waals surface area contributed by atoms with Crippen molar-refractivity contribution in [2.24, 2.45) is 5.18 Å². The molecule has 0 radical (unpaired) electrons. The van der Waals surface area contributed by atoms with Crippen molar-refractivity contribution in [3.05, 3.63) is 68.7 Å². The van der Waals surface area contributed by atoms with Gasteiger partial charge in [0.25, 0.3) is 5.56 Å². The van der Waals surface area contributed by atoms with Crippen LogP contribution in [0.25, 0.3) is 32.1 Å². The lowest BCUT2D eigenvalue weighted by Gasteiger charge is -2.18. The standard InChI is InChI=1S/C22H21N3O2S/c1-13(12-25(2)3)14-4-6-15(7-5-14)19-18(24-27)9-8-17-20(19)16-10-11-28-21(16)22(26)23-17/h4-11,13H,12H2,1-3H3,(H,23,26). The first-order valence-electron chi connectivity index (χ1n) is 9.14. The summed E-state index contributed by atoms with van der Waals surface area (Å²) in [7, 11) is 4.13. The largest absolute Gasteiger partial charge is 0.321 e. The van der Waals surface area contributed by atoms with Gasteiger partial charge in [-0.25, -0.2) is 0 Å². The number of benzene rings is 2. The van der Waals surface area contributed by atoms with Crippen LogP contribution in [0, 0.1) is 4.91 Å². The second kappa shape index (κ2) is 7.30. The molecule has 0 aliphatic rings. The van der Waals surface area contributed by atoms with Crippen molar-refractivity contribution in [3.63, 3.8) is 0 Å². The lowest BCUT2D eigenvalue weighted by molar-refractivity contribution is 0.383. The lowest BCUT2D eigenvalue weighted by Crippen LogP contribution is -2.18. The van der Waals surface area contributed by atoms with Crippen molar-refractivity contribution in [1.29, 1.82) is 0 Å². The van der Waals surface area contributed by atoms with Crippen LogP contribution in [-0.4, -0.2) is 30.5 Å². The number of aromatic amines is 1. The molecule has 2 aromatic heterocycles. The van der Waals surface area contributed by atoms with Gasteiger partial charge in [0, 0.05) is 28.4 Å². The highest BCUT2D eigenvalue weighted by Gasteiger charge is 2.16. The molecule has 5 nitrogen and oxygen atoms in total. The van der Waals surface area contributed by atoms with Crippen LogP contribution in [0.4, 0.5) is 5.69 Å². The number of hydrogen-bond donors (Lipinski definition) is 1. The van der Waals surface area contributed by atoms with Gasteiger partial charge >= 0.3 is 0 Å². The number of fused-ring (bicyclic) bond motifs is 3. The summed E-state index contributed by atoms with van der Waals surface area (Å²) in [4.78, 5) is 29.0. The van der Waals surface area contributed by atoms with Gasteiger partial charge in [0.05, 0.1) is 0 Å². The maximum atomic E-state index is 12.3. The van der Waals surface area contributed by atoms with E-state index in [-0.39, 0.29) is 5.56 Å². The van der Waals surface area contributed by atoms with Crippen LogP contribution in [0.5, 0.6) is 0 Å². The monoisotopic (exact) mass is 391 g/mol. The topological polar surface area (TPSA) is 65.5 Å². The van der Waals surface area contributed by atoms with Crippen LogP contribution in [0.2, 0.25) is 0 Å². The number of likely N-dealkylation sites (N-methyl/N-ethyl adjacent to an activating group) is 1. The van der Waals surface area contributed by atoms with Crippen molar-refractivity contribution >= 4 is 38.0 Å². The molecule has 0 spiro atoms. The number of rotatable bonds is 5. The van der Waals surface area contributed by atoms with Crippen molar-refractivity contribution in [3.8, 4) is 11.1 Å². The molecule has 2 heterocycles. The first kappa shape index (κ1) is 18.5. The van der Waals surface area contributed by atoms with Crippen molar-refractivity contribution < 1.29 is 0 Å². The Morgan fingerprint density at radius 1 is 1.11 bits per heavy atom. The number of thiophene rings is 1. The fraction of sp³-hybridized carbons (Fsp3) is 0.227. The Bertz CT molecular complexity index is 1220. The van der Waals surface area contributed by atoms with E-state index in [9.17, 15) is 9.70 Å². The number of nitrogens with one attached hydrogen (secondary N) is 1. The fourth-order valence-corrected chi connectivity index (χ4v) is 4.63. The first-order valence-corrected chi connectivity index (χ1v) is 10.0. The van der Waals surface area contributed by atoms with E-state index in [0.717, 1.165) is 28.4 Å². The summed E-state index contributed by atoms with van der Waals surface area (Å²) in [5, 5.41) is 6.88. The Morgan fingerprint density at radius 3 is 2.54 bits per heavy atom. The van der Waals surface area contributed by atoms with Gasteiger partial charge in [-0.15, -0.1) is 16.2 Å². The van der Waals surface area contributed by atoms with Crippen LogP contribution in [0.15, 0.2) is 57.8 Å². The predicted octanol–water partition coefficient (Wildman–Crippen LogP) is 5.47. The van der Waals surface area contributed by atoms with Gasteiger partial charge in [0.15, 0.2) is 0 Å². The minimum absolute atomic E-state index is 0.108. The summed E-state index contributed by atoms with van der Waals surface area (Å²) in [6, 6.07) is 13.6. The molecule has 0 bridgehead atoms.